The Bertz CT molecular complexity index is 332. The molecule has 0 heterocycles. The smallest absolute Gasteiger partial charge is 0.306 e. The maximum Gasteiger partial charge on any atom is 0.306 e. The highest BCUT2D eigenvalue weighted by Gasteiger charge is 2.34. The molecule has 2 saturated carbocycles. The Morgan fingerprint density at radius 3 is 2.44 bits per heavy atom. The second-order valence-corrected chi connectivity index (χ2v) is 5.61. The molecule has 2 aliphatic carbocycles. The van der Waals surface area contributed by atoms with Gasteiger partial charge in [-0.2, -0.15) is 0 Å². The van der Waals surface area contributed by atoms with Gasteiger partial charge in [0, 0.05) is 12.1 Å². The van der Waals surface area contributed by atoms with E-state index in [0.29, 0.717) is 12.8 Å². The summed E-state index contributed by atoms with van der Waals surface area (Å²) in [5, 5.41) is 11.9. The molecule has 2 rings (SSSR count). The summed E-state index contributed by atoms with van der Waals surface area (Å²) in [6.07, 6.45) is 5.94. The lowest BCUT2D eigenvalue weighted by Crippen LogP contribution is -2.46. The van der Waals surface area contributed by atoms with Crippen LogP contribution in [-0.4, -0.2) is 29.1 Å². The molecular weight excluding hydrogens is 232 g/mol. The third-order valence-electron chi connectivity index (χ3n) is 4.28. The van der Waals surface area contributed by atoms with Gasteiger partial charge in [0.15, 0.2) is 0 Å². The lowest BCUT2D eigenvalue weighted by molar-refractivity contribution is -0.141. The van der Waals surface area contributed by atoms with Gasteiger partial charge < -0.3 is 16.2 Å². The van der Waals surface area contributed by atoms with Gasteiger partial charge in [0.25, 0.3) is 0 Å². The molecule has 4 atom stereocenters. The van der Waals surface area contributed by atoms with E-state index in [4.69, 9.17) is 10.8 Å². The largest absolute Gasteiger partial charge is 0.481 e. The third kappa shape index (κ3) is 3.02. The average molecular weight is 254 g/mol. The first-order valence-corrected chi connectivity index (χ1v) is 6.86. The van der Waals surface area contributed by atoms with Crippen LogP contribution in [0.25, 0.3) is 0 Å². The first-order chi connectivity index (χ1) is 8.58. The van der Waals surface area contributed by atoms with Crippen LogP contribution in [0.4, 0.5) is 0 Å². The van der Waals surface area contributed by atoms with Gasteiger partial charge >= 0.3 is 5.97 Å². The third-order valence-corrected chi connectivity index (χ3v) is 4.28. The highest BCUT2D eigenvalue weighted by Crippen LogP contribution is 2.27. The molecule has 2 fully saturated rings. The molecule has 2 aliphatic rings. The molecule has 4 N–H and O–H groups in total. The van der Waals surface area contributed by atoms with Crippen molar-refractivity contribution >= 4 is 11.9 Å². The fourth-order valence-electron chi connectivity index (χ4n) is 3.13. The number of carboxylic acids is 1. The zero-order valence-corrected chi connectivity index (χ0v) is 10.6. The molecule has 0 spiro atoms. The minimum atomic E-state index is -0.749. The Kier molecular flexibility index (Phi) is 4.22. The van der Waals surface area contributed by atoms with Crippen molar-refractivity contribution in [1.82, 2.24) is 5.32 Å². The van der Waals surface area contributed by atoms with Gasteiger partial charge in [0.05, 0.1) is 11.8 Å². The molecule has 1 amide bonds. The van der Waals surface area contributed by atoms with Crippen LogP contribution in [0, 0.1) is 11.8 Å². The van der Waals surface area contributed by atoms with Gasteiger partial charge in [0.2, 0.25) is 5.91 Å². The predicted molar refractivity (Wildman–Crippen MR) is 66.8 cm³/mol. The number of rotatable bonds is 3. The Morgan fingerprint density at radius 1 is 1.11 bits per heavy atom. The second kappa shape index (κ2) is 5.69. The van der Waals surface area contributed by atoms with E-state index in [1.807, 2.05) is 0 Å². The van der Waals surface area contributed by atoms with Crippen LogP contribution in [0.5, 0.6) is 0 Å². The van der Waals surface area contributed by atoms with Crippen LogP contribution in [-0.2, 0) is 9.59 Å². The first kappa shape index (κ1) is 13.3. The summed E-state index contributed by atoms with van der Waals surface area (Å²) in [6, 6.07) is -0.0110. The number of aliphatic carboxylic acids is 1. The van der Waals surface area contributed by atoms with Crippen molar-refractivity contribution in [3.63, 3.8) is 0 Å². The molecule has 5 heteroatoms. The normalized spacial score (nSPS) is 36.3. The predicted octanol–water partition coefficient (Wildman–Crippen LogP) is 0.873. The fraction of sp³-hybridized carbons (Fsp3) is 0.846. The molecule has 0 aromatic carbocycles. The lowest BCUT2D eigenvalue weighted by Gasteiger charge is -2.28. The fourth-order valence-corrected chi connectivity index (χ4v) is 3.13. The summed E-state index contributed by atoms with van der Waals surface area (Å²) in [4.78, 5) is 23.0. The molecule has 18 heavy (non-hydrogen) atoms. The van der Waals surface area contributed by atoms with E-state index in [9.17, 15) is 9.59 Å². The zero-order valence-electron chi connectivity index (χ0n) is 10.6. The molecule has 102 valence electrons. The minimum Gasteiger partial charge on any atom is -0.481 e. The van der Waals surface area contributed by atoms with E-state index in [0.717, 1.165) is 32.1 Å². The average Bonchev–Trinajstić information content (AvgIpc) is 2.78. The first-order valence-electron chi connectivity index (χ1n) is 6.86. The van der Waals surface area contributed by atoms with Gasteiger partial charge in [-0.05, 0) is 32.1 Å². The maximum atomic E-state index is 12.1. The van der Waals surface area contributed by atoms with Crippen molar-refractivity contribution < 1.29 is 14.7 Å². The standard InChI is InChI=1S/C13H22N2O3/c14-11-4-2-1-3-10(11)12(16)15-9-6-5-8(7-9)13(17)18/h8-11H,1-7,14H2,(H,15,16)(H,17,18). The Morgan fingerprint density at radius 2 is 1.83 bits per heavy atom. The summed E-state index contributed by atoms with van der Waals surface area (Å²) >= 11 is 0. The van der Waals surface area contributed by atoms with E-state index < -0.39 is 5.97 Å². The summed E-state index contributed by atoms with van der Waals surface area (Å²) < 4.78 is 0. The quantitative estimate of drug-likeness (QED) is 0.697. The maximum absolute atomic E-state index is 12.1. The van der Waals surface area contributed by atoms with Gasteiger partial charge in [0.1, 0.15) is 0 Å². The number of nitrogens with one attached hydrogen (secondary N) is 1. The molecule has 0 aliphatic heterocycles. The van der Waals surface area contributed by atoms with E-state index in [-0.39, 0.29) is 29.8 Å². The Hall–Kier alpha value is -1.10. The van der Waals surface area contributed by atoms with Crippen LogP contribution < -0.4 is 11.1 Å². The number of hydrogen-bond donors (Lipinski definition) is 3. The van der Waals surface area contributed by atoms with Crippen LogP contribution in [0.15, 0.2) is 0 Å². The molecule has 0 bridgehead atoms. The number of carbonyl (C=O) groups is 2. The topological polar surface area (TPSA) is 92.4 Å². The molecule has 4 unspecified atom stereocenters. The molecule has 0 aromatic heterocycles. The van der Waals surface area contributed by atoms with E-state index in [2.05, 4.69) is 5.32 Å². The minimum absolute atomic E-state index is 0.0210. The van der Waals surface area contributed by atoms with Crippen molar-refractivity contribution in [2.75, 3.05) is 0 Å². The van der Waals surface area contributed by atoms with Gasteiger partial charge in [-0.15, -0.1) is 0 Å². The van der Waals surface area contributed by atoms with Gasteiger partial charge in [-0.25, -0.2) is 0 Å². The highest BCUT2D eigenvalue weighted by molar-refractivity contribution is 5.80. The van der Waals surface area contributed by atoms with Gasteiger partial charge in [-0.1, -0.05) is 12.8 Å². The summed E-state index contributed by atoms with van der Waals surface area (Å²) in [7, 11) is 0. The van der Waals surface area contributed by atoms with Crippen LogP contribution in [0.1, 0.15) is 44.9 Å². The van der Waals surface area contributed by atoms with Crippen LogP contribution in [0.3, 0.4) is 0 Å². The number of amides is 1. The number of carboxylic acid groups (broad SMARTS) is 1. The van der Waals surface area contributed by atoms with E-state index in [1.165, 1.54) is 0 Å². The number of nitrogens with two attached hydrogens (primary N) is 1. The highest BCUT2D eigenvalue weighted by atomic mass is 16.4. The lowest BCUT2D eigenvalue weighted by atomic mass is 9.84. The monoisotopic (exact) mass is 254 g/mol. The molecule has 5 nitrogen and oxygen atoms in total. The molecule has 0 radical (unpaired) electrons. The Balaban J connectivity index is 1.82. The number of hydrogen-bond acceptors (Lipinski definition) is 3. The van der Waals surface area contributed by atoms with Crippen LogP contribution >= 0.6 is 0 Å². The van der Waals surface area contributed by atoms with Crippen molar-refractivity contribution in [3.8, 4) is 0 Å². The van der Waals surface area contributed by atoms with E-state index >= 15 is 0 Å². The van der Waals surface area contributed by atoms with E-state index in [1.54, 1.807) is 0 Å². The SMILES string of the molecule is NC1CCCCC1C(=O)NC1CCC(C(=O)O)C1. The summed E-state index contributed by atoms with van der Waals surface area (Å²) in [6.45, 7) is 0. The summed E-state index contributed by atoms with van der Waals surface area (Å²) in [5.74, 6) is -1.10. The summed E-state index contributed by atoms with van der Waals surface area (Å²) in [5.41, 5.74) is 5.97. The van der Waals surface area contributed by atoms with Crippen LogP contribution in [0.2, 0.25) is 0 Å². The second-order valence-electron chi connectivity index (χ2n) is 5.61. The number of carbonyl (C=O) groups excluding carboxylic acids is 1. The van der Waals surface area contributed by atoms with Gasteiger partial charge in [-0.3, -0.25) is 9.59 Å². The van der Waals surface area contributed by atoms with Crippen molar-refractivity contribution in [2.45, 2.75) is 57.0 Å². The molecule has 0 aromatic rings. The van der Waals surface area contributed by atoms with Crippen molar-refractivity contribution in [1.29, 1.82) is 0 Å². The zero-order chi connectivity index (χ0) is 13.1. The molecular formula is C13H22N2O3. The molecule has 0 saturated heterocycles. The van der Waals surface area contributed by atoms with Crippen molar-refractivity contribution in [2.24, 2.45) is 17.6 Å². The Labute approximate surface area is 107 Å². The van der Waals surface area contributed by atoms with Crippen molar-refractivity contribution in [3.05, 3.63) is 0 Å².